The van der Waals surface area contributed by atoms with E-state index in [0.29, 0.717) is 12.2 Å². The molecule has 0 saturated carbocycles. The highest BCUT2D eigenvalue weighted by molar-refractivity contribution is 9.10. The van der Waals surface area contributed by atoms with Crippen LogP contribution in [0.25, 0.3) is 0 Å². The molecule has 2 aromatic carbocycles. The number of nitrogens with one attached hydrogen (secondary N) is 1. The number of rotatable bonds is 10. The Morgan fingerprint density at radius 2 is 1.64 bits per heavy atom. The highest BCUT2D eigenvalue weighted by atomic mass is 79.9. The number of sulfonamides is 1. The van der Waals surface area contributed by atoms with Gasteiger partial charge in [0, 0.05) is 17.6 Å². The Hall–Kier alpha value is -2.39. The van der Waals surface area contributed by atoms with E-state index in [4.69, 9.17) is 0 Å². The second-order valence-electron chi connectivity index (χ2n) is 8.51. The van der Waals surface area contributed by atoms with Crippen LogP contribution in [0.3, 0.4) is 0 Å². The van der Waals surface area contributed by atoms with Gasteiger partial charge in [0.05, 0.1) is 11.9 Å². The number of hydrogen-bond acceptors (Lipinski definition) is 4. The third kappa shape index (κ3) is 7.85. The number of nitrogens with zero attached hydrogens (tertiary/aromatic N) is 2. The van der Waals surface area contributed by atoms with Crippen molar-refractivity contribution in [2.75, 3.05) is 23.7 Å². The summed E-state index contributed by atoms with van der Waals surface area (Å²) < 4.78 is 26.9. The van der Waals surface area contributed by atoms with Crippen LogP contribution in [0, 0.1) is 12.8 Å². The minimum Gasteiger partial charge on any atom is -0.354 e. The summed E-state index contributed by atoms with van der Waals surface area (Å²) in [5, 5.41) is 2.87. The molecule has 0 heterocycles. The van der Waals surface area contributed by atoms with Gasteiger partial charge in [-0.05, 0) is 55.2 Å². The fourth-order valence-electron chi connectivity index (χ4n) is 3.23. The molecule has 0 aliphatic carbocycles. The molecule has 0 fully saturated rings. The second kappa shape index (κ2) is 11.7. The number of amides is 2. The van der Waals surface area contributed by atoms with Crippen LogP contribution in [-0.4, -0.2) is 50.5 Å². The molecule has 0 bridgehead atoms. The summed E-state index contributed by atoms with van der Waals surface area (Å²) in [5.74, 6) is -0.473. The number of halogens is 1. The van der Waals surface area contributed by atoms with Crippen LogP contribution in [0.1, 0.15) is 31.9 Å². The summed E-state index contributed by atoms with van der Waals surface area (Å²) in [6, 6.07) is 13.5. The molecule has 1 unspecified atom stereocenters. The predicted octanol–water partition coefficient (Wildman–Crippen LogP) is 3.71. The van der Waals surface area contributed by atoms with Gasteiger partial charge in [0.1, 0.15) is 12.6 Å². The Labute approximate surface area is 205 Å². The van der Waals surface area contributed by atoms with Crippen LogP contribution in [-0.2, 0) is 26.2 Å². The third-order valence-electron chi connectivity index (χ3n) is 5.25. The Kier molecular flexibility index (Phi) is 9.48. The molecule has 0 radical (unpaired) electrons. The minimum atomic E-state index is -3.74. The number of carbonyl (C=O) groups excluding carboxylic acids is 2. The zero-order valence-corrected chi connectivity index (χ0v) is 22.1. The van der Waals surface area contributed by atoms with Crippen molar-refractivity contribution in [1.29, 1.82) is 0 Å². The molecule has 1 N–H and O–H groups in total. The average molecular weight is 539 g/mol. The number of hydrogen-bond donors (Lipinski definition) is 1. The van der Waals surface area contributed by atoms with Crippen molar-refractivity contribution in [2.45, 2.75) is 40.3 Å². The molecular weight excluding hydrogens is 506 g/mol. The molecule has 2 amide bonds. The normalized spacial score (nSPS) is 12.3. The molecule has 0 saturated heterocycles. The van der Waals surface area contributed by atoms with Gasteiger partial charge >= 0.3 is 0 Å². The maximum absolute atomic E-state index is 13.5. The largest absolute Gasteiger partial charge is 0.354 e. The molecule has 0 spiro atoms. The molecule has 9 heteroatoms. The maximum Gasteiger partial charge on any atom is 0.244 e. The van der Waals surface area contributed by atoms with Crippen molar-refractivity contribution in [3.05, 3.63) is 64.1 Å². The van der Waals surface area contributed by atoms with Crippen molar-refractivity contribution in [2.24, 2.45) is 5.92 Å². The first-order valence-electron chi connectivity index (χ1n) is 10.7. The first kappa shape index (κ1) is 26.9. The molecule has 0 aliphatic heterocycles. The van der Waals surface area contributed by atoms with Crippen molar-refractivity contribution < 1.29 is 18.0 Å². The molecule has 0 aromatic heterocycles. The molecule has 33 heavy (non-hydrogen) atoms. The Morgan fingerprint density at radius 1 is 1.03 bits per heavy atom. The van der Waals surface area contributed by atoms with Gasteiger partial charge in [-0.2, -0.15) is 0 Å². The van der Waals surface area contributed by atoms with E-state index < -0.39 is 28.5 Å². The van der Waals surface area contributed by atoms with E-state index in [-0.39, 0.29) is 18.4 Å². The van der Waals surface area contributed by atoms with Gasteiger partial charge in [-0.3, -0.25) is 13.9 Å². The van der Waals surface area contributed by atoms with Gasteiger partial charge in [0.25, 0.3) is 0 Å². The van der Waals surface area contributed by atoms with Crippen molar-refractivity contribution in [1.82, 2.24) is 10.2 Å². The van der Waals surface area contributed by atoms with Crippen molar-refractivity contribution in [3.8, 4) is 0 Å². The number of carbonyl (C=O) groups is 2. The van der Waals surface area contributed by atoms with Crippen LogP contribution >= 0.6 is 15.9 Å². The fraction of sp³-hybridized carbons (Fsp3) is 0.417. The zero-order valence-electron chi connectivity index (χ0n) is 19.7. The van der Waals surface area contributed by atoms with Gasteiger partial charge in [0.15, 0.2) is 0 Å². The summed E-state index contributed by atoms with van der Waals surface area (Å²) in [4.78, 5) is 27.7. The summed E-state index contributed by atoms with van der Waals surface area (Å²) in [5.41, 5.74) is 2.25. The first-order valence-corrected chi connectivity index (χ1v) is 13.4. The van der Waals surface area contributed by atoms with Gasteiger partial charge in [-0.25, -0.2) is 8.42 Å². The summed E-state index contributed by atoms with van der Waals surface area (Å²) in [6.07, 6.45) is 1.06. The van der Waals surface area contributed by atoms with E-state index in [1.807, 2.05) is 45.0 Å². The SMILES string of the molecule is Cc1ccccc1CN(C(=O)CN(c1ccc(Br)cc1)S(C)(=O)=O)C(C)C(=O)NCC(C)C. The van der Waals surface area contributed by atoms with Gasteiger partial charge in [-0.1, -0.05) is 54.0 Å². The molecule has 180 valence electrons. The zero-order chi connectivity index (χ0) is 24.8. The minimum absolute atomic E-state index is 0.194. The van der Waals surface area contributed by atoms with E-state index >= 15 is 0 Å². The van der Waals surface area contributed by atoms with E-state index in [2.05, 4.69) is 21.2 Å². The van der Waals surface area contributed by atoms with Crippen LogP contribution in [0.15, 0.2) is 53.0 Å². The highest BCUT2D eigenvalue weighted by Crippen LogP contribution is 2.22. The Balaban J connectivity index is 2.36. The second-order valence-corrected chi connectivity index (χ2v) is 11.3. The van der Waals surface area contributed by atoms with Gasteiger partial charge < -0.3 is 10.2 Å². The van der Waals surface area contributed by atoms with Crippen LogP contribution in [0.4, 0.5) is 5.69 Å². The van der Waals surface area contributed by atoms with E-state index in [9.17, 15) is 18.0 Å². The highest BCUT2D eigenvalue weighted by Gasteiger charge is 2.30. The number of aryl methyl sites for hydroxylation is 1. The summed E-state index contributed by atoms with van der Waals surface area (Å²) >= 11 is 3.34. The predicted molar refractivity (Wildman–Crippen MR) is 135 cm³/mol. The topological polar surface area (TPSA) is 86.8 Å². The standard InChI is InChI=1S/C24H32BrN3O4S/c1-17(2)14-26-24(30)19(4)27(15-20-9-7-6-8-18(20)3)23(29)16-28(33(5,31)32)22-12-10-21(25)11-13-22/h6-13,17,19H,14-16H2,1-5H3,(H,26,30). The molecule has 1 atom stereocenters. The van der Waals surface area contributed by atoms with Gasteiger partial charge in [-0.15, -0.1) is 0 Å². The molecule has 0 aliphatic rings. The van der Waals surface area contributed by atoms with Crippen LogP contribution in [0.5, 0.6) is 0 Å². The van der Waals surface area contributed by atoms with Crippen molar-refractivity contribution >= 4 is 43.5 Å². The number of benzene rings is 2. The third-order valence-corrected chi connectivity index (χ3v) is 6.92. The van der Waals surface area contributed by atoms with E-state index in [1.165, 1.54) is 4.90 Å². The molecule has 7 nitrogen and oxygen atoms in total. The maximum atomic E-state index is 13.5. The summed E-state index contributed by atoms with van der Waals surface area (Å²) in [7, 11) is -3.74. The monoisotopic (exact) mass is 537 g/mol. The fourth-order valence-corrected chi connectivity index (χ4v) is 4.34. The molecular formula is C24H32BrN3O4S. The van der Waals surface area contributed by atoms with Crippen LogP contribution in [0.2, 0.25) is 0 Å². The van der Waals surface area contributed by atoms with E-state index in [0.717, 1.165) is 26.2 Å². The molecule has 2 rings (SSSR count). The average Bonchev–Trinajstić information content (AvgIpc) is 2.74. The lowest BCUT2D eigenvalue weighted by atomic mass is 10.1. The smallest absolute Gasteiger partial charge is 0.244 e. The lowest BCUT2D eigenvalue weighted by Gasteiger charge is -2.32. The quantitative estimate of drug-likeness (QED) is 0.500. The molecule has 2 aromatic rings. The Bertz CT molecular complexity index is 1070. The number of anilines is 1. The lowest BCUT2D eigenvalue weighted by molar-refractivity contribution is -0.139. The van der Waals surface area contributed by atoms with E-state index in [1.54, 1.807) is 31.2 Å². The van der Waals surface area contributed by atoms with Crippen molar-refractivity contribution in [3.63, 3.8) is 0 Å². The lowest BCUT2D eigenvalue weighted by Crippen LogP contribution is -2.51. The summed E-state index contributed by atoms with van der Waals surface area (Å²) in [6.45, 7) is 7.85. The first-order chi connectivity index (χ1) is 15.4. The van der Waals surface area contributed by atoms with Crippen LogP contribution < -0.4 is 9.62 Å². The Morgan fingerprint density at radius 3 is 2.18 bits per heavy atom. The van der Waals surface area contributed by atoms with Gasteiger partial charge in [0.2, 0.25) is 21.8 Å².